The van der Waals surface area contributed by atoms with Gasteiger partial charge in [-0.1, -0.05) is 32.9 Å². The number of fused-ring (bicyclic) bond motifs is 1. The molecular formula is C27H31N3O3S. The molecule has 178 valence electrons. The Hall–Kier alpha value is -3.06. The van der Waals surface area contributed by atoms with Crippen LogP contribution < -0.4 is 15.1 Å². The molecule has 2 aliphatic heterocycles. The summed E-state index contributed by atoms with van der Waals surface area (Å²) in [6, 6.07) is 10.4. The number of imide groups is 1. The van der Waals surface area contributed by atoms with E-state index >= 15 is 0 Å². The quantitative estimate of drug-likeness (QED) is 0.578. The van der Waals surface area contributed by atoms with Crippen molar-refractivity contribution in [2.45, 2.75) is 46.0 Å². The maximum atomic E-state index is 13.0. The van der Waals surface area contributed by atoms with Gasteiger partial charge in [-0.15, -0.1) is 0 Å². The van der Waals surface area contributed by atoms with Gasteiger partial charge in [-0.25, -0.2) is 0 Å². The lowest BCUT2D eigenvalue weighted by Crippen LogP contribution is -2.42. The Morgan fingerprint density at radius 1 is 1.12 bits per heavy atom. The number of amides is 3. The number of carbonyl (C=O) groups is 3. The van der Waals surface area contributed by atoms with E-state index in [1.165, 1.54) is 5.56 Å². The number of aryl methyl sites for hydroxylation is 1. The Bertz CT molecular complexity index is 1230. The average molecular weight is 478 g/mol. The van der Waals surface area contributed by atoms with E-state index in [0.29, 0.717) is 17.9 Å². The standard InChI is InChI=1S/C27H31N3O3S/c1-7-10-30-22-14-18(16(2)11-20(22)27(3,4)15-24(30)31)19-12-17(8-9-21(19)29(5)6)13-23-25(32)28-26(33)34-23/h8-9,11-14H,7,10,15H2,1-6H3,(H,28,32,33). The highest BCUT2D eigenvalue weighted by atomic mass is 32.2. The van der Waals surface area contributed by atoms with E-state index in [1.807, 2.05) is 37.2 Å². The molecule has 0 bridgehead atoms. The molecule has 1 N–H and O–H groups in total. The molecule has 2 heterocycles. The first-order valence-corrected chi connectivity index (χ1v) is 12.4. The molecule has 2 aliphatic rings. The minimum Gasteiger partial charge on any atom is -0.377 e. The van der Waals surface area contributed by atoms with Crippen LogP contribution >= 0.6 is 11.8 Å². The van der Waals surface area contributed by atoms with Crippen molar-refractivity contribution in [3.05, 3.63) is 51.9 Å². The summed E-state index contributed by atoms with van der Waals surface area (Å²) in [6.07, 6.45) is 3.14. The molecule has 4 rings (SSSR count). The van der Waals surface area contributed by atoms with Gasteiger partial charge in [0.05, 0.1) is 4.91 Å². The lowest BCUT2D eigenvalue weighted by molar-refractivity contribution is -0.120. The van der Waals surface area contributed by atoms with Gasteiger partial charge >= 0.3 is 0 Å². The second kappa shape index (κ2) is 8.95. The number of benzene rings is 2. The molecule has 7 heteroatoms. The Morgan fingerprint density at radius 2 is 1.85 bits per heavy atom. The summed E-state index contributed by atoms with van der Waals surface area (Å²) in [5.41, 5.74) is 7.03. The van der Waals surface area contributed by atoms with E-state index in [4.69, 9.17) is 0 Å². The third-order valence-electron chi connectivity index (χ3n) is 6.44. The fourth-order valence-corrected chi connectivity index (χ4v) is 5.43. The van der Waals surface area contributed by atoms with Crippen LogP contribution in [0.4, 0.5) is 16.2 Å². The van der Waals surface area contributed by atoms with Crippen LogP contribution in [-0.4, -0.2) is 37.7 Å². The first-order valence-electron chi connectivity index (χ1n) is 11.5. The summed E-state index contributed by atoms with van der Waals surface area (Å²) in [6.45, 7) is 9.16. The molecule has 0 unspecified atom stereocenters. The Balaban J connectivity index is 1.90. The highest BCUT2D eigenvalue weighted by molar-refractivity contribution is 8.18. The fourth-order valence-electron chi connectivity index (χ4n) is 4.75. The Kier molecular flexibility index (Phi) is 6.34. The van der Waals surface area contributed by atoms with Crippen LogP contribution in [0.3, 0.4) is 0 Å². The van der Waals surface area contributed by atoms with Crippen LogP contribution in [0.25, 0.3) is 17.2 Å². The molecule has 0 atom stereocenters. The number of carbonyl (C=O) groups excluding carboxylic acids is 3. The largest absolute Gasteiger partial charge is 0.377 e. The van der Waals surface area contributed by atoms with Gasteiger partial charge in [-0.2, -0.15) is 0 Å². The molecule has 0 aromatic heterocycles. The Labute approximate surface area is 205 Å². The topological polar surface area (TPSA) is 69.7 Å². The normalized spacial score (nSPS) is 18.4. The van der Waals surface area contributed by atoms with E-state index in [2.05, 4.69) is 50.0 Å². The lowest BCUT2D eigenvalue weighted by Gasteiger charge is -2.39. The highest BCUT2D eigenvalue weighted by Crippen LogP contribution is 2.45. The zero-order chi connectivity index (χ0) is 24.8. The summed E-state index contributed by atoms with van der Waals surface area (Å²) in [4.78, 5) is 41.0. The monoisotopic (exact) mass is 477 g/mol. The molecule has 3 amide bonds. The number of nitrogens with zero attached hydrogens (tertiary/aromatic N) is 2. The summed E-state index contributed by atoms with van der Waals surface area (Å²) >= 11 is 0.915. The summed E-state index contributed by atoms with van der Waals surface area (Å²) < 4.78 is 0. The summed E-state index contributed by atoms with van der Waals surface area (Å²) in [5, 5.41) is 1.95. The predicted molar refractivity (Wildman–Crippen MR) is 140 cm³/mol. The SMILES string of the molecule is CCCN1C(=O)CC(C)(C)c2cc(C)c(-c3cc(C=C4SC(=O)NC4=O)ccc3N(C)C)cc21. The van der Waals surface area contributed by atoms with Gasteiger partial charge in [0, 0.05) is 49.4 Å². The van der Waals surface area contributed by atoms with Crippen molar-refractivity contribution in [2.24, 2.45) is 0 Å². The highest BCUT2D eigenvalue weighted by Gasteiger charge is 2.37. The van der Waals surface area contributed by atoms with Gasteiger partial charge < -0.3 is 9.80 Å². The van der Waals surface area contributed by atoms with Gasteiger partial charge in [-0.3, -0.25) is 19.7 Å². The van der Waals surface area contributed by atoms with E-state index in [1.54, 1.807) is 6.08 Å². The molecule has 0 saturated carbocycles. The van der Waals surface area contributed by atoms with E-state index in [-0.39, 0.29) is 22.5 Å². The van der Waals surface area contributed by atoms with Crippen molar-refractivity contribution < 1.29 is 14.4 Å². The second-order valence-corrected chi connectivity index (χ2v) is 10.8. The van der Waals surface area contributed by atoms with Crippen LogP contribution in [-0.2, 0) is 15.0 Å². The molecule has 0 spiro atoms. The van der Waals surface area contributed by atoms with Crippen molar-refractivity contribution in [3.8, 4) is 11.1 Å². The molecular weight excluding hydrogens is 446 g/mol. The zero-order valence-corrected chi connectivity index (χ0v) is 21.4. The van der Waals surface area contributed by atoms with Gasteiger partial charge in [0.2, 0.25) is 5.91 Å². The minimum absolute atomic E-state index is 0.161. The van der Waals surface area contributed by atoms with E-state index < -0.39 is 0 Å². The average Bonchev–Trinajstić information content (AvgIpc) is 3.07. The van der Waals surface area contributed by atoms with Gasteiger partial charge in [-0.05, 0) is 71.6 Å². The van der Waals surface area contributed by atoms with Crippen LogP contribution in [0.2, 0.25) is 0 Å². The minimum atomic E-state index is -0.367. The van der Waals surface area contributed by atoms with Crippen LogP contribution in [0, 0.1) is 6.92 Å². The summed E-state index contributed by atoms with van der Waals surface area (Å²) in [7, 11) is 4.00. The van der Waals surface area contributed by atoms with Crippen molar-refractivity contribution >= 4 is 46.3 Å². The predicted octanol–water partition coefficient (Wildman–Crippen LogP) is 5.48. The van der Waals surface area contributed by atoms with Crippen LogP contribution in [0.1, 0.15) is 50.3 Å². The third kappa shape index (κ3) is 4.37. The first-order chi connectivity index (χ1) is 16.0. The van der Waals surface area contributed by atoms with E-state index in [9.17, 15) is 14.4 Å². The molecule has 0 radical (unpaired) electrons. The number of hydrogen-bond acceptors (Lipinski definition) is 5. The number of thioether (sulfide) groups is 1. The van der Waals surface area contributed by atoms with Crippen molar-refractivity contribution in [1.82, 2.24) is 5.32 Å². The molecule has 1 saturated heterocycles. The van der Waals surface area contributed by atoms with Gasteiger partial charge in [0.1, 0.15) is 0 Å². The number of hydrogen-bond donors (Lipinski definition) is 1. The number of rotatable bonds is 5. The Morgan fingerprint density at radius 3 is 2.47 bits per heavy atom. The molecule has 0 aliphatic carbocycles. The zero-order valence-electron chi connectivity index (χ0n) is 20.6. The van der Waals surface area contributed by atoms with Crippen LogP contribution in [0.5, 0.6) is 0 Å². The number of anilines is 2. The second-order valence-electron chi connectivity index (χ2n) is 9.81. The molecule has 2 aromatic carbocycles. The maximum Gasteiger partial charge on any atom is 0.290 e. The van der Waals surface area contributed by atoms with Crippen LogP contribution in [0.15, 0.2) is 35.2 Å². The molecule has 2 aromatic rings. The molecule has 34 heavy (non-hydrogen) atoms. The van der Waals surface area contributed by atoms with Gasteiger partial charge in [0.25, 0.3) is 11.1 Å². The maximum absolute atomic E-state index is 13.0. The molecule has 1 fully saturated rings. The van der Waals surface area contributed by atoms with Gasteiger partial charge in [0.15, 0.2) is 0 Å². The number of nitrogens with one attached hydrogen (secondary N) is 1. The van der Waals surface area contributed by atoms with Crippen molar-refractivity contribution in [3.63, 3.8) is 0 Å². The third-order valence-corrected chi connectivity index (χ3v) is 7.25. The van der Waals surface area contributed by atoms with Crippen molar-refractivity contribution in [2.75, 3.05) is 30.4 Å². The smallest absolute Gasteiger partial charge is 0.290 e. The van der Waals surface area contributed by atoms with Crippen molar-refractivity contribution in [1.29, 1.82) is 0 Å². The lowest BCUT2D eigenvalue weighted by atomic mass is 9.75. The van der Waals surface area contributed by atoms with E-state index in [0.717, 1.165) is 51.8 Å². The molecule has 6 nitrogen and oxygen atoms in total. The fraction of sp³-hybridized carbons (Fsp3) is 0.370. The summed E-state index contributed by atoms with van der Waals surface area (Å²) in [5.74, 6) is -0.205. The first kappa shape index (κ1) is 24.1.